The number of amides is 1. The van der Waals surface area contributed by atoms with E-state index in [1.165, 1.54) is 13.2 Å². The predicted octanol–water partition coefficient (Wildman–Crippen LogP) is 3.11. The van der Waals surface area contributed by atoms with Gasteiger partial charge in [0.2, 0.25) is 18.6 Å². The maximum Gasteiger partial charge on any atom is 0.283 e. The number of ketones is 1. The summed E-state index contributed by atoms with van der Waals surface area (Å²) >= 11 is 0. The average Bonchev–Trinajstić information content (AvgIpc) is 3.48. The molecule has 0 bridgehead atoms. The molecule has 0 saturated heterocycles. The molecule has 0 radical (unpaired) electrons. The van der Waals surface area contributed by atoms with Crippen molar-refractivity contribution in [3.8, 4) is 23.1 Å². The van der Waals surface area contributed by atoms with Gasteiger partial charge in [-0.2, -0.15) is 0 Å². The highest BCUT2D eigenvalue weighted by Crippen LogP contribution is 2.37. The second-order valence-corrected chi connectivity index (χ2v) is 7.04. The van der Waals surface area contributed by atoms with Crippen molar-refractivity contribution in [1.29, 1.82) is 0 Å². The summed E-state index contributed by atoms with van der Waals surface area (Å²) in [5, 5.41) is 10.8. The number of nitrogens with zero attached hydrogens (tertiary/aromatic N) is 3. The molecule has 0 spiro atoms. The number of fused-ring (bicyclic) bond motifs is 1. The fourth-order valence-corrected chi connectivity index (χ4v) is 3.27. The van der Waals surface area contributed by atoms with Gasteiger partial charge in [-0.15, -0.1) is 10.2 Å². The van der Waals surface area contributed by atoms with Crippen LogP contribution in [0, 0.1) is 0 Å². The van der Waals surface area contributed by atoms with Crippen LogP contribution >= 0.6 is 0 Å². The van der Waals surface area contributed by atoms with E-state index in [2.05, 4.69) is 15.5 Å². The van der Waals surface area contributed by atoms with E-state index in [9.17, 15) is 9.59 Å². The maximum atomic E-state index is 12.7. The molecular formula is C21H22N4O6. The van der Waals surface area contributed by atoms with Crippen molar-refractivity contribution < 1.29 is 27.9 Å². The Hall–Kier alpha value is -3.66. The van der Waals surface area contributed by atoms with Gasteiger partial charge in [-0.05, 0) is 38.1 Å². The molecule has 3 heterocycles. The Kier molecular flexibility index (Phi) is 5.99. The summed E-state index contributed by atoms with van der Waals surface area (Å²) in [5.41, 5.74) is 0.746. The van der Waals surface area contributed by atoms with Gasteiger partial charge in [0.15, 0.2) is 23.0 Å². The number of rotatable bonds is 9. The summed E-state index contributed by atoms with van der Waals surface area (Å²) in [6.07, 6.45) is 2.35. The molecule has 1 aliphatic heterocycles. The molecular weight excluding hydrogens is 404 g/mol. The second-order valence-electron chi connectivity index (χ2n) is 7.04. The zero-order valence-electron chi connectivity index (χ0n) is 17.2. The van der Waals surface area contributed by atoms with Gasteiger partial charge in [-0.25, -0.2) is 0 Å². The third-order valence-corrected chi connectivity index (χ3v) is 4.63. The first-order valence-corrected chi connectivity index (χ1v) is 9.86. The lowest BCUT2D eigenvalue weighted by molar-refractivity contribution is -0.117. The first-order chi connectivity index (χ1) is 15.0. The van der Waals surface area contributed by atoms with E-state index in [0.29, 0.717) is 47.5 Å². The van der Waals surface area contributed by atoms with Crippen molar-refractivity contribution in [2.24, 2.45) is 0 Å². The van der Waals surface area contributed by atoms with E-state index >= 15 is 0 Å². The summed E-state index contributed by atoms with van der Waals surface area (Å²) in [6.45, 7) is 4.56. The van der Waals surface area contributed by atoms with Crippen LogP contribution in [0.5, 0.6) is 11.5 Å². The predicted molar refractivity (Wildman–Crippen MR) is 109 cm³/mol. The topological polar surface area (TPSA) is 120 Å². The molecule has 1 amide bonds. The number of carbonyl (C=O) groups excluding carboxylic acids is 2. The van der Waals surface area contributed by atoms with Crippen LogP contribution in [0.3, 0.4) is 0 Å². The molecule has 0 atom stereocenters. The van der Waals surface area contributed by atoms with Gasteiger partial charge in [-0.3, -0.25) is 14.5 Å². The third kappa shape index (κ3) is 4.75. The SMILES string of the molecule is CCCN(CC(=O)Nc1cc2c(cc1C(C)=O)OCO2)Cc1nnc(-c2ccco2)o1. The zero-order chi connectivity index (χ0) is 21.8. The summed E-state index contributed by atoms with van der Waals surface area (Å²) in [6, 6.07) is 6.65. The molecule has 10 nitrogen and oxygen atoms in total. The summed E-state index contributed by atoms with van der Waals surface area (Å²) < 4.78 is 21.6. The van der Waals surface area contributed by atoms with Gasteiger partial charge in [0.25, 0.3) is 5.89 Å². The van der Waals surface area contributed by atoms with Crippen LogP contribution in [0.25, 0.3) is 11.7 Å². The molecule has 10 heteroatoms. The van der Waals surface area contributed by atoms with Crippen LogP contribution in [0.4, 0.5) is 5.69 Å². The van der Waals surface area contributed by atoms with Crippen LogP contribution in [0.1, 0.15) is 36.5 Å². The summed E-state index contributed by atoms with van der Waals surface area (Å²) in [4.78, 5) is 26.6. The van der Waals surface area contributed by atoms with Crippen molar-refractivity contribution in [3.05, 3.63) is 42.0 Å². The Bertz CT molecular complexity index is 1080. The number of nitrogens with one attached hydrogen (secondary N) is 1. The lowest BCUT2D eigenvalue weighted by atomic mass is 10.1. The smallest absolute Gasteiger partial charge is 0.283 e. The van der Waals surface area contributed by atoms with Crippen molar-refractivity contribution >= 4 is 17.4 Å². The molecule has 0 fully saturated rings. The number of benzene rings is 1. The number of carbonyl (C=O) groups is 2. The zero-order valence-corrected chi connectivity index (χ0v) is 17.2. The standard InChI is InChI=1S/C21H22N4O6/c1-3-6-25(11-20-23-24-21(31-20)16-5-4-7-28-16)10-19(27)22-15-9-18-17(29-12-30-18)8-14(15)13(2)26/h4-5,7-9H,3,6,10-12H2,1-2H3,(H,22,27). The van der Waals surface area contributed by atoms with Crippen LogP contribution in [0.2, 0.25) is 0 Å². The molecule has 1 aromatic carbocycles. The molecule has 0 aliphatic carbocycles. The third-order valence-electron chi connectivity index (χ3n) is 4.63. The fraction of sp³-hybridized carbons (Fsp3) is 0.333. The number of aromatic nitrogens is 2. The normalized spacial score (nSPS) is 12.4. The first-order valence-electron chi connectivity index (χ1n) is 9.86. The number of hydrogen-bond donors (Lipinski definition) is 1. The minimum Gasteiger partial charge on any atom is -0.459 e. The Morgan fingerprint density at radius 2 is 2.00 bits per heavy atom. The number of Topliss-reactive ketones (excluding diaryl/α,β-unsaturated/α-hetero) is 1. The maximum absolute atomic E-state index is 12.7. The van der Waals surface area contributed by atoms with Crippen LogP contribution in [-0.4, -0.2) is 46.7 Å². The molecule has 1 N–H and O–H groups in total. The summed E-state index contributed by atoms with van der Waals surface area (Å²) in [5.74, 6) is 1.66. The van der Waals surface area contributed by atoms with E-state index in [0.717, 1.165) is 6.42 Å². The average molecular weight is 426 g/mol. The van der Waals surface area contributed by atoms with Gasteiger partial charge >= 0.3 is 0 Å². The Morgan fingerprint density at radius 3 is 2.71 bits per heavy atom. The number of anilines is 1. The quantitative estimate of drug-likeness (QED) is 0.515. The molecule has 0 unspecified atom stereocenters. The van der Waals surface area contributed by atoms with Gasteiger partial charge in [0, 0.05) is 11.6 Å². The number of furan rings is 1. The van der Waals surface area contributed by atoms with Crippen LogP contribution < -0.4 is 14.8 Å². The van der Waals surface area contributed by atoms with Gasteiger partial charge < -0.3 is 23.6 Å². The molecule has 31 heavy (non-hydrogen) atoms. The summed E-state index contributed by atoms with van der Waals surface area (Å²) in [7, 11) is 0. The van der Waals surface area contributed by atoms with Crippen molar-refractivity contribution in [2.75, 3.05) is 25.2 Å². The van der Waals surface area contributed by atoms with Crippen molar-refractivity contribution in [2.45, 2.75) is 26.8 Å². The molecule has 3 aromatic rings. The molecule has 1 aliphatic rings. The lowest BCUT2D eigenvalue weighted by Gasteiger charge is -2.19. The largest absolute Gasteiger partial charge is 0.459 e. The molecule has 162 valence electrons. The highest BCUT2D eigenvalue weighted by atomic mass is 16.7. The van der Waals surface area contributed by atoms with E-state index < -0.39 is 0 Å². The highest BCUT2D eigenvalue weighted by Gasteiger charge is 2.22. The van der Waals surface area contributed by atoms with Gasteiger partial charge in [0.1, 0.15) is 0 Å². The lowest BCUT2D eigenvalue weighted by Crippen LogP contribution is -2.33. The van der Waals surface area contributed by atoms with Crippen LogP contribution in [0.15, 0.2) is 39.4 Å². The van der Waals surface area contributed by atoms with Crippen molar-refractivity contribution in [1.82, 2.24) is 15.1 Å². The van der Waals surface area contributed by atoms with Crippen molar-refractivity contribution in [3.63, 3.8) is 0 Å². The molecule has 0 saturated carbocycles. The van der Waals surface area contributed by atoms with Gasteiger partial charge in [-0.1, -0.05) is 6.92 Å². The molecule has 2 aromatic heterocycles. The van der Waals surface area contributed by atoms with Gasteiger partial charge in [0.05, 0.1) is 25.0 Å². The Balaban J connectivity index is 1.44. The second kappa shape index (κ2) is 9.00. The monoisotopic (exact) mass is 426 g/mol. The Morgan fingerprint density at radius 1 is 1.19 bits per heavy atom. The fourth-order valence-electron chi connectivity index (χ4n) is 3.27. The minimum atomic E-state index is -0.277. The minimum absolute atomic E-state index is 0.0814. The van der Waals surface area contributed by atoms with E-state index in [1.807, 2.05) is 11.8 Å². The Labute approximate surface area is 178 Å². The number of ether oxygens (including phenoxy) is 2. The van der Waals surface area contributed by atoms with Crippen LogP contribution in [-0.2, 0) is 11.3 Å². The number of hydrogen-bond acceptors (Lipinski definition) is 9. The highest BCUT2D eigenvalue weighted by molar-refractivity contribution is 6.05. The first kappa shape index (κ1) is 20.6. The van der Waals surface area contributed by atoms with E-state index in [-0.39, 0.29) is 30.9 Å². The molecule has 4 rings (SSSR count). The van der Waals surface area contributed by atoms with E-state index in [1.54, 1.807) is 24.3 Å². The van der Waals surface area contributed by atoms with E-state index in [4.69, 9.17) is 18.3 Å².